The van der Waals surface area contributed by atoms with E-state index in [-0.39, 0.29) is 16.7 Å². The van der Waals surface area contributed by atoms with Gasteiger partial charge < -0.3 is 14.8 Å². The molecule has 0 heterocycles. The normalized spacial score (nSPS) is 13.4. The Morgan fingerprint density at radius 1 is 0.900 bits per heavy atom. The zero-order chi connectivity index (χ0) is 22.6. The molecule has 0 aliphatic heterocycles. The third-order valence-electron chi connectivity index (χ3n) is 5.10. The van der Waals surface area contributed by atoms with Crippen LogP contribution in [-0.2, 0) is 14.8 Å². The van der Waals surface area contributed by atoms with Crippen LogP contribution >= 0.6 is 0 Å². The Hall–Kier alpha value is -2.58. The molecule has 2 aromatic rings. The van der Waals surface area contributed by atoms with Crippen molar-refractivity contribution >= 4 is 15.9 Å². The van der Waals surface area contributed by atoms with Gasteiger partial charge in [-0.05, 0) is 69.0 Å². The number of aryl methyl sites for hydroxylation is 3. The van der Waals surface area contributed by atoms with Crippen LogP contribution in [-0.4, -0.2) is 34.6 Å². The lowest BCUT2D eigenvalue weighted by atomic mass is 9.96. The fraction of sp³-hybridized carbons (Fsp3) is 0.409. The van der Waals surface area contributed by atoms with Gasteiger partial charge in [0, 0.05) is 6.07 Å². The van der Waals surface area contributed by atoms with Crippen molar-refractivity contribution in [3.8, 4) is 11.5 Å². The fourth-order valence-corrected chi connectivity index (χ4v) is 4.42. The van der Waals surface area contributed by atoms with Gasteiger partial charge in [-0.25, -0.2) is 8.42 Å². The number of benzene rings is 2. The summed E-state index contributed by atoms with van der Waals surface area (Å²) in [5.74, 6) is 0.292. The van der Waals surface area contributed by atoms with Crippen LogP contribution in [0.25, 0.3) is 0 Å². The predicted octanol–water partition coefficient (Wildman–Crippen LogP) is 3.17. The third kappa shape index (κ3) is 5.31. The number of sulfonamides is 1. The second-order valence-corrected chi connectivity index (χ2v) is 9.10. The van der Waals surface area contributed by atoms with E-state index in [0.717, 1.165) is 16.7 Å². The maximum atomic E-state index is 12.7. The van der Waals surface area contributed by atoms with Crippen molar-refractivity contribution in [3.63, 3.8) is 0 Å². The highest BCUT2D eigenvalue weighted by atomic mass is 32.2. The number of carbonyl (C=O) groups is 1. The Morgan fingerprint density at radius 2 is 1.50 bits per heavy atom. The summed E-state index contributed by atoms with van der Waals surface area (Å²) in [6, 6.07) is 7.16. The number of nitrogens with one attached hydrogen (secondary N) is 2. The molecular formula is C22H30N2O5S. The standard InChI is InChI=1S/C22H30N2O5S/c1-13-10-15(3)19(11-14(13)2)16(4)23-22(25)17(5)24-30(26,27)18-8-9-20(28-6)21(12-18)29-7/h8-12,16-17,24H,1-7H3,(H,23,25)/t16-,17+/m1/s1. The Kier molecular flexibility index (Phi) is 7.49. The molecule has 2 rings (SSSR count). The van der Waals surface area contributed by atoms with Crippen molar-refractivity contribution in [2.24, 2.45) is 0 Å². The first-order valence-corrected chi connectivity index (χ1v) is 11.1. The van der Waals surface area contributed by atoms with Crippen LogP contribution in [0.5, 0.6) is 11.5 Å². The second-order valence-electron chi connectivity index (χ2n) is 7.38. The van der Waals surface area contributed by atoms with Gasteiger partial charge in [-0.15, -0.1) is 0 Å². The molecule has 2 atom stereocenters. The van der Waals surface area contributed by atoms with Crippen molar-refractivity contribution in [3.05, 3.63) is 52.6 Å². The highest BCUT2D eigenvalue weighted by Crippen LogP contribution is 2.29. The number of hydrogen-bond acceptors (Lipinski definition) is 5. The first kappa shape index (κ1) is 23.7. The number of ether oxygens (including phenoxy) is 2. The van der Waals surface area contributed by atoms with Crippen LogP contribution in [0.1, 0.15) is 42.1 Å². The van der Waals surface area contributed by atoms with Gasteiger partial charge in [0.05, 0.1) is 31.2 Å². The van der Waals surface area contributed by atoms with Gasteiger partial charge in [-0.2, -0.15) is 4.72 Å². The lowest BCUT2D eigenvalue weighted by Crippen LogP contribution is -2.45. The number of methoxy groups -OCH3 is 2. The first-order valence-electron chi connectivity index (χ1n) is 9.62. The molecule has 0 radical (unpaired) electrons. The van der Waals surface area contributed by atoms with Crippen molar-refractivity contribution in [1.82, 2.24) is 10.0 Å². The molecule has 0 saturated heterocycles. The molecule has 0 fully saturated rings. The fourth-order valence-electron chi connectivity index (χ4n) is 3.20. The summed E-state index contributed by atoms with van der Waals surface area (Å²) in [4.78, 5) is 12.6. The molecule has 0 aromatic heterocycles. The average molecular weight is 435 g/mol. The van der Waals surface area contributed by atoms with E-state index in [1.807, 2.05) is 33.8 Å². The zero-order valence-electron chi connectivity index (χ0n) is 18.5. The number of hydrogen-bond donors (Lipinski definition) is 2. The Bertz CT molecular complexity index is 1030. The van der Waals surface area contributed by atoms with Crippen molar-refractivity contribution < 1.29 is 22.7 Å². The lowest BCUT2D eigenvalue weighted by molar-refractivity contribution is -0.123. The van der Waals surface area contributed by atoms with Gasteiger partial charge in [0.25, 0.3) is 0 Å². The molecule has 0 spiro atoms. The summed E-state index contributed by atoms with van der Waals surface area (Å²) in [5, 5.41) is 2.89. The molecule has 1 amide bonds. The van der Waals surface area contributed by atoms with Crippen LogP contribution < -0.4 is 19.5 Å². The van der Waals surface area contributed by atoms with Crippen LogP contribution in [0, 0.1) is 20.8 Å². The lowest BCUT2D eigenvalue weighted by Gasteiger charge is -2.21. The maximum Gasteiger partial charge on any atom is 0.241 e. The smallest absolute Gasteiger partial charge is 0.241 e. The third-order valence-corrected chi connectivity index (χ3v) is 6.64. The topological polar surface area (TPSA) is 93.7 Å². The van der Waals surface area contributed by atoms with E-state index in [9.17, 15) is 13.2 Å². The van der Waals surface area contributed by atoms with Gasteiger partial charge in [-0.3, -0.25) is 4.79 Å². The zero-order valence-corrected chi connectivity index (χ0v) is 19.3. The van der Waals surface area contributed by atoms with Gasteiger partial charge in [-0.1, -0.05) is 12.1 Å². The largest absolute Gasteiger partial charge is 0.493 e. The summed E-state index contributed by atoms with van der Waals surface area (Å²) in [6.45, 7) is 9.44. The molecule has 0 unspecified atom stereocenters. The molecule has 7 nitrogen and oxygen atoms in total. The minimum Gasteiger partial charge on any atom is -0.493 e. The molecule has 30 heavy (non-hydrogen) atoms. The quantitative estimate of drug-likeness (QED) is 0.666. The van der Waals surface area contributed by atoms with Crippen molar-refractivity contribution in [2.45, 2.75) is 51.6 Å². The first-order chi connectivity index (χ1) is 14.0. The molecule has 2 N–H and O–H groups in total. The van der Waals surface area contributed by atoms with Crippen LogP contribution in [0.2, 0.25) is 0 Å². The number of amides is 1. The summed E-state index contributed by atoms with van der Waals surface area (Å²) in [5.41, 5.74) is 4.40. The van der Waals surface area contributed by atoms with E-state index < -0.39 is 22.0 Å². The van der Waals surface area contributed by atoms with Crippen LogP contribution in [0.3, 0.4) is 0 Å². The summed E-state index contributed by atoms with van der Waals surface area (Å²) < 4.78 is 38.1. The molecule has 0 bridgehead atoms. The molecule has 0 aliphatic rings. The Morgan fingerprint density at radius 3 is 2.10 bits per heavy atom. The van der Waals surface area contributed by atoms with Crippen molar-refractivity contribution in [1.29, 1.82) is 0 Å². The molecule has 164 valence electrons. The van der Waals surface area contributed by atoms with Gasteiger partial charge in [0.2, 0.25) is 15.9 Å². The van der Waals surface area contributed by atoms with Gasteiger partial charge in [0.1, 0.15) is 0 Å². The van der Waals surface area contributed by atoms with E-state index >= 15 is 0 Å². The summed E-state index contributed by atoms with van der Waals surface area (Å²) in [6.07, 6.45) is 0. The highest BCUT2D eigenvalue weighted by Gasteiger charge is 2.24. The second kappa shape index (κ2) is 9.49. The van der Waals surface area contributed by atoms with Crippen LogP contribution in [0.4, 0.5) is 0 Å². The molecule has 8 heteroatoms. The van der Waals surface area contributed by atoms with E-state index in [0.29, 0.717) is 5.75 Å². The van der Waals surface area contributed by atoms with E-state index in [1.54, 1.807) is 0 Å². The summed E-state index contributed by atoms with van der Waals surface area (Å²) in [7, 11) is -1.04. The predicted molar refractivity (Wildman–Crippen MR) is 117 cm³/mol. The van der Waals surface area contributed by atoms with Gasteiger partial charge in [0.15, 0.2) is 11.5 Å². The molecule has 0 saturated carbocycles. The van der Waals surface area contributed by atoms with E-state index in [4.69, 9.17) is 9.47 Å². The monoisotopic (exact) mass is 434 g/mol. The van der Waals surface area contributed by atoms with E-state index in [1.165, 1.54) is 44.9 Å². The maximum absolute atomic E-state index is 12.7. The highest BCUT2D eigenvalue weighted by molar-refractivity contribution is 7.89. The minimum absolute atomic E-state index is 0.0159. The summed E-state index contributed by atoms with van der Waals surface area (Å²) >= 11 is 0. The molecular weight excluding hydrogens is 404 g/mol. The molecule has 0 aliphatic carbocycles. The average Bonchev–Trinajstić information content (AvgIpc) is 2.69. The Balaban J connectivity index is 2.14. The molecule has 2 aromatic carbocycles. The minimum atomic E-state index is -3.93. The number of rotatable bonds is 8. The Labute approximate surface area is 178 Å². The SMILES string of the molecule is COc1ccc(S(=O)(=O)N[C@@H](C)C(=O)N[C@H](C)c2cc(C)c(C)cc2C)cc1OC. The van der Waals surface area contributed by atoms with Crippen molar-refractivity contribution in [2.75, 3.05) is 14.2 Å². The van der Waals surface area contributed by atoms with E-state index in [2.05, 4.69) is 16.1 Å². The van der Waals surface area contributed by atoms with Crippen LogP contribution in [0.15, 0.2) is 35.2 Å². The number of carbonyl (C=O) groups excluding carboxylic acids is 1. The van der Waals surface area contributed by atoms with Gasteiger partial charge >= 0.3 is 0 Å².